The van der Waals surface area contributed by atoms with Gasteiger partial charge in [-0.05, 0) is 31.2 Å². The van der Waals surface area contributed by atoms with Crippen molar-refractivity contribution in [2.75, 3.05) is 13.1 Å². The first-order valence-electron chi connectivity index (χ1n) is 8.12. The van der Waals surface area contributed by atoms with E-state index in [9.17, 15) is 8.42 Å². The molecule has 0 saturated carbocycles. The molecule has 25 heavy (non-hydrogen) atoms. The average molecular weight is 354 g/mol. The van der Waals surface area contributed by atoms with E-state index >= 15 is 0 Å². The van der Waals surface area contributed by atoms with Crippen molar-refractivity contribution in [3.63, 3.8) is 0 Å². The molecule has 0 bridgehead atoms. The van der Waals surface area contributed by atoms with E-state index in [-0.39, 0.29) is 6.10 Å². The van der Waals surface area contributed by atoms with Gasteiger partial charge in [0.25, 0.3) is 0 Å². The standard InChI is InChI=1S/C19H18N2O3S/c1-14-6-9-17(10-7-14)25(22,23)21-12-16(13-21)24-19-11-8-15-4-2-3-5-18(15)20-19/h2-11,16H,12-13H2,1H3. The van der Waals surface area contributed by atoms with Crippen molar-refractivity contribution in [2.45, 2.75) is 17.9 Å². The highest BCUT2D eigenvalue weighted by Gasteiger charge is 2.38. The lowest BCUT2D eigenvalue weighted by Gasteiger charge is -2.37. The maximum absolute atomic E-state index is 12.6. The minimum atomic E-state index is -3.45. The summed E-state index contributed by atoms with van der Waals surface area (Å²) in [5, 5.41) is 1.05. The van der Waals surface area contributed by atoms with Crippen LogP contribution in [0.1, 0.15) is 5.56 Å². The van der Waals surface area contributed by atoms with Crippen molar-refractivity contribution in [3.8, 4) is 5.88 Å². The predicted molar refractivity (Wildman–Crippen MR) is 96.1 cm³/mol. The smallest absolute Gasteiger partial charge is 0.243 e. The number of hydrogen-bond acceptors (Lipinski definition) is 4. The van der Waals surface area contributed by atoms with Crippen LogP contribution in [0.3, 0.4) is 0 Å². The number of benzene rings is 2. The molecule has 5 nitrogen and oxygen atoms in total. The Hall–Kier alpha value is -2.44. The van der Waals surface area contributed by atoms with E-state index in [1.54, 1.807) is 24.3 Å². The first-order chi connectivity index (χ1) is 12.0. The zero-order valence-corrected chi connectivity index (χ0v) is 14.6. The summed E-state index contributed by atoms with van der Waals surface area (Å²) in [6.45, 7) is 2.61. The Balaban J connectivity index is 1.43. The van der Waals surface area contributed by atoms with Gasteiger partial charge in [0.15, 0.2) is 0 Å². The Labute approximate surface area is 146 Å². The predicted octanol–water partition coefficient (Wildman–Crippen LogP) is 3.00. The maximum atomic E-state index is 12.6. The number of ether oxygens (including phenoxy) is 1. The van der Waals surface area contributed by atoms with E-state index in [0.29, 0.717) is 23.9 Å². The fraction of sp³-hybridized carbons (Fsp3) is 0.211. The molecule has 4 rings (SSSR count). The lowest BCUT2D eigenvalue weighted by Crippen LogP contribution is -2.56. The number of rotatable bonds is 4. The van der Waals surface area contributed by atoms with Gasteiger partial charge in [-0.25, -0.2) is 13.4 Å². The molecule has 0 atom stereocenters. The number of fused-ring (bicyclic) bond motifs is 1. The summed E-state index contributed by atoms with van der Waals surface area (Å²) in [6, 6.07) is 18.5. The zero-order chi connectivity index (χ0) is 17.4. The minimum Gasteiger partial charge on any atom is -0.472 e. The molecular formula is C19H18N2O3S. The normalized spacial score (nSPS) is 15.9. The van der Waals surface area contributed by atoms with Crippen LogP contribution < -0.4 is 4.74 Å². The number of sulfonamides is 1. The molecule has 0 radical (unpaired) electrons. The van der Waals surface area contributed by atoms with Gasteiger partial charge in [-0.1, -0.05) is 35.9 Å². The molecule has 1 aliphatic heterocycles. The molecule has 0 N–H and O–H groups in total. The van der Waals surface area contributed by atoms with Crippen LogP contribution in [0, 0.1) is 6.92 Å². The van der Waals surface area contributed by atoms with Crippen LogP contribution in [0.2, 0.25) is 0 Å². The van der Waals surface area contributed by atoms with Crippen molar-refractivity contribution in [3.05, 3.63) is 66.2 Å². The molecule has 2 heterocycles. The topological polar surface area (TPSA) is 59.5 Å². The van der Waals surface area contributed by atoms with Crippen LogP contribution in [0.4, 0.5) is 0 Å². The second-order valence-electron chi connectivity index (χ2n) is 6.22. The number of pyridine rings is 1. The van der Waals surface area contributed by atoms with Crippen molar-refractivity contribution in [2.24, 2.45) is 0 Å². The summed E-state index contributed by atoms with van der Waals surface area (Å²) in [5.74, 6) is 0.524. The summed E-state index contributed by atoms with van der Waals surface area (Å²) in [4.78, 5) is 4.78. The Morgan fingerprint density at radius 3 is 2.48 bits per heavy atom. The summed E-state index contributed by atoms with van der Waals surface area (Å²) >= 11 is 0. The average Bonchev–Trinajstić information content (AvgIpc) is 2.58. The molecule has 1 saturated heterocycles. The molecule has 0 amide bonds. The van der Waals surface area contributed by atoms with Gasteiger partial charge in [0.2, 0.25) is 15.9 Å². The molecule has 1 fully saturated rings. The number of aromatic nitrogens is 1. The van der Waals surface area contributed by atoms with Crippen molar-refractivity contribution in [1.82, 2.24) is 9.29 Å². The quantitative estimate of drug-likeness (QED) is 0.723. The Kier molecular flexibility index (Phi) is 3.94. The summed E-state index contributed by atoms with van der Waals surface area (Å²) in [7, 11) is -3.45. The molecule has 0 aliphatic carbocycles. The molecule has 1 aromatic heterocycles. The van der Waals surface area contributed by atoms with E-state index < -0.39 is 10.0 Å². The van der Waals surface area contributed by atoms with Gasteiger partial charge in [-0.3, -0.25) is 0 Å². The van der Waals surface area contributed by atoms with Crippen LogP contribution >= 0.6 is 0 Å². The van der Waals surface area contributed by atoms with Crippen LogP contribution in [0.5, 0.6) is 5.88 Å². The van der Waals surface area contributed by atoms with Gasteiger partial charge in [-0.2, -0.15) is 4.31 Å². The third-order valence-corrected chi connectivity index (χ3v) is 6.18. The SMILES string of the molecule is Cc1ccc(S(=O)(=O)N2CC(Oc3ccc4ccccc4n3)C2)cc1. The number of aryl methyl sites for hydroxylation is 1. The summed E-state index contributed by atoms with van der Waals surface area (Å²) in [5.41, 5.74) is 1.90. The second kappa shape index (κ2) is 6.13. The first kappa shape index (κ1) is 16.1. The van der Waals surface area contributed by atoms with Gasteiger partial charge in [-0.15, -0.1) is 0 Å². The second-order valence-corrected chi connectivity index (χ2v) is 8.16. The van der Waals surface area contributed by atoms with Gasteiger partial charge < -0.3 is 4.74 Å². The summed E-state index contributed by atoms with van der Waals surface area (Å²) in [6.07, 6.45) is -0.172. The van der Waals surface area contributed by atoms with Gasteiger partial charge in [0.05, 0.1) is 23.5 Å². The maximum Gasteiger partial charge on any atom is 0.243 e. The van der Waals surface area contributed by atoms with Crippen molar-refractivity contribution >= 4 is 20.9 Å². The highest BCUT2D eigenvalue weighted by Crippen LogP contribution is 2.25. The number of nitrogens with zero attached hydrogens (tertiary/aromatic N) is 2. The molecule has 128 valence electrons. The van der Waals surface area contributed by atoms with Crippen molar-refractivity contribution < 1.29 is 13.2 Å². The van der Waals surface area contributed by atoms with Crippen LogP contribution in [0.15, 0.2) is 65.6 Å². The Morgan fingerprint density at radius 1 is 1.00 bits per heavy atom. The highest BCUT2D eigenvalue weighted by molar-refractivity contribution is 7.89. The lowest BCUT2D eigenvalue weighted by atomic mass is 10.2. The zero-order valence-electron chi connectivity index (χ0n) is 13.8. The molecule has 2 aromatic carbocycles. The first-order valence-corrected chi connectivity index (χ1v) is 9.56. The highest BCUT2D eigenvalue weighted by atomic mass is 32.2. The largest absolute Gasteiger partial charge is 0.472 e. The van der Waals surface area contributed by atoms with E-state index in [1.165, 1.54) is 4.31 Å². The van der Waals surface area contributed by atoms with E-state index in [0.717, 1.165) is 16.5 Å². The summed E-state index contributed by atoms with van der Waals surface area (Å²) < 4.78 is 32.4. The van der Waals surface area contributed by atoms with Crippen LogP contribution in [-0.4, -0.2) is 36.9 Å². The van der Waals surface area contributed by atoms with Gasteiger partial charge in [0.1, 0.15) is 6.10 Å². The van der Waals surface area contributed by atoms with Crippen LogP contribution in [-0.2, 0) is 10.0 Å². The van der Waals surface area contributed by atoms with E-state index in [1.807, 2.05) is 43.3 Å². The Bertz CT molecular complexity index is 1010. The van der Waals surface area contributed by atoms with Crippen molar-refractivity contribution in [1.29, 1.82) is 0 Å². The van der Waals surface area contributed by atoms with Gasteiger partial charge >= 0.3 is 0 Å². The third-order valence-electron chi connectivity index (χ3n) is 4.33. The molecular weight excluding hydrogens is 336 g/mol. The van der Waals surface area contributed by atoms with E-state index in [4.69, 9.17) is 4.74 Å². The molecule has 3 aromatic rings. The molecule has 1 aliphatic rings. The number of para-hydroxylation sites is 1. The minimum absolute atomic E-state index is 0.172. The van der Waals surface area contributed by atoms with E-state index in [2.05, 4.69) is 4.98 Å². The fourth-order valence-electron chi connectivity index (χ4n) is 2.81. The molecule has 0 unspecified atom stereocenters. The number of hydrogen-bond donors (Lipinski definition) is 0. The molecule has 0 spiro atoms. The van der Waals surface area contributed by atoms with Crippen LogP contribution in [0.25, 0.3) is 10.9 Å². The third kappa shape index (κ3) is 3.10. The van der Waals surface area contributed by atoms with Gasteiger partial charge in [0, 0.05) is 11.5 Å². The Morgan fingerprint density at radius 2 is 1.72 bits per heavy atom. The monoisotopic (exact) mass is 354 g/mol. The molecule has 6 heteroatoms. The lowest BCUT2D eigenvalue weighted by molar-refractivity contribution is 0.0724. The fourth-order valence-corrected chi connectivity index (χ4v) is 4.32.